The van der Waals surface area contributed by atoms with Crippen molar-refractivity contribution in [2.45, 2.75) is 6.92 Å². The van der Waals surface area contributed by atoms with Crippen molar-refractivity contribution < 1.29 is 15.1 Å². The largest absolute Gasteiger partial charge is 0.504 e. The van der Waals surface area contributed by atoms with Gasteiger partial charge in [0.15, 0.2) is 28.5 Å². The summed E-state index contributed by atoms with van der Waals surface area (Å²) in [7, 11) is 0. The molecule has 2 aromatic carbocycles. The number of benzene rings is 2. The highest BCUT2D eigenvalue weighted by molar-refractivity contribution is 5.97. The second kappa shape index (κ2) is 7.56. The summed E-state index contributed by atoms with van der Waals surface area (Å²) in [6.45, 7) is 2.23. The van der Waals surface area contributed by atoms with Crippen molar-refractivity contribution in [1.82, 2.24) is 9.71 Å². The van der Waals surface area contributed by atoms with Crippen molar-refractivity contribution in [2.75, 3.05) is 6.61 Å². The van der Waals surface area contributed by atoms with Gasteiger partial charge in [-0.1, -0.05) is 12.1 Å². The lowest BCUT2D eigenvalue weighted by Crippen LogP contribution is -2.31. The molecule has 138 valence electrons. The van der Waals surface area contributed by atoms with Crippen molar-refractivity contribution in [3.8, 4) is 11.5 Å². The summed E-state index contributed by atoms with van der Waals surface area (Å²) in [5.74, 6) is 0.252. The van der Waals surface area contributed by atoms with E-state index in [-0.39, 0.29) is 22.8 Å². The summed E-state index contributed by atoms with van der Waals surface area (Å²) in [6, 6.07) is 11.5. The Labute approximate surface area is 154 Å². The average molecular weight is 366 g/mol. The molecule has 0 saturated heterocycles. The van der Waals surface area contributed by atoms with Crippen LogP contribution in [0.25, 0.3) is 11.0 Å². The number of aromatic nitrogens is 2. The van der Waals surface area contributed by atoms with E-state index >= 15 is 0 Å². The normalized spacial score (nSPS) is 12.0. The molecule has 0 aliphatic carbocycles. The van der Waals surface area contributed by atoms with Crippen molar-refractivity contribution in [1.29, 1.82) is 5.41 Å². The van der Waals surface area contributed by atoms with Gasteiger partial charge in [0, 0.05) is 0 Å². The first kappa shape index (κ1) is 17.9. The maximum Gasteiger partial charge on any atom is 0.191 e. The minimum Gasteiger partial charge on any atom is -0.504 e. The maximum atomic E-state index is 10.1. The molecule has 27 heavy (non-hydrogen) atoms. The van der Waals surface area contributed by atoms with E-state index in [2.05, 4.69) is 15.2 Å². The molecule has 0 bridgehead atoms. The number of nitrogens with zero attached hydrogens (tertiary/aromatic N) is 4. The molecule has 0 saturated carbocycles. The molecule has 0 aliphatic heterocycles. The Balaban J connectivity index is 1.91. The topological polar surface area (TPSA) is 142 Å². The number of para-hydroxylation sites is 2. The number of amidine groups is 1. The lowest BCUT2D eigenvalue weighted by molar-refractivity contribution is 0.183. The monoisotopic (exact) mass is 366 g/mol. The van der Waals surface area contributed by atoms with E-state index in [0.29, 0.717) is 33.7 Å². The van der Waals surface area contributed by atoms with E-state index in [1.165, 1.54) is 12.3 Å². The first-order valence-electron chi connectivity index (χ1n) is 8.09. The van der Waals surface area contributed by atoms with Crippen molar-refractivity contribution in [3.63, 3.8) is 0 Å². The van der Waals surface area contributed by atoms with Gasteiger partial charge < -0.3 is 20.8 Å². The molecule has 0 unspecified atom stereocenters. The van der Waals surface area contributed by atoms with Gasteiger partial charge in [-0.05, 0) is 42.8 Å². The fourth-order valence-corrected chi connectivity index (χ4v) is 2.40. The Hall–Kier alpha value is -3.88. The molecule has 0 atom stereocenters. The van der Waals surface area contributed by atoms with Gasteiger partial charge in [-0.3, -0.25) is 5.41 Å². The Morgan fingerprint density at radius 2 is 2.11 bits per heavy atom. The summed E-state index contributed by atoms with van der Waals surface area (Å²) >= 11 is 0. The molecular weight excluding hydrogens is 348 g/mol. The van der Waals surface area contributed by atoms with Gasteiger partial charge in [-0.15, -0.1) is 5.10 Å². The molecular formula is C18H18N6O3. The van der Waals surface area contributed by atoms with E-state index in [4.69, 9.17) is 15.9 Å². The first-order chi connectivity index (χ1) is 13.0. The van der Waals surface area contributed by atoms with E-state index < -0.39 is 0 Å². The van der Waals surface area contributed by atoms with Crippen molar-refractivity contribution in [3.05, 3.63) is 59.2 Å². The molecule has 1 heterocycles. The minimum atomic E-state index is -0.298. The highest BCUT2D eigenvalue weighted by Gasteiger charge is 2.10. The van der Waals surface area contributed by atoms with Crippen LogP contribution >= 0.6 is 0 Å². The summed E-state index contributed by atoms with van der Waals surface area (Å²) < 4.78 is 6.00. The molecule has 9 heteroatoms. The number of hydrogen-bond acceptors (Lipinski definition) is 7. The lowest BCUT2D eigenvalue weighted by atomic mass is 10.2. The van der Waals surface area contributed by atoms with Crippen LogP contribution in [0.4, 0.5) is 0 Å². The molecule has 1 aromatic heterocycles. The summed E-state index contributed by atoms with van der Waals surface area (Å²) in [4.78, 5) is 4.26. The van der Waals surface area contributed by atoms with Gasteiger partial charge in [-0.25, -0.2) is 4.98 Å². The number of rotatable bonds is 5. The standard InChI is InChI=1S/C18H18N6O3/c1-2-27-15-9-11(7-8-14(15)25)10-21-23-17(19)16-18(20)24(26)13-6-4-3-5-12(13)22-16/h3-10,20,25-26H,2H2,1H3,(H2,19,23)/b20-18?,21-10+. The van der Waals surface area contributed by atoms with Crippen LogP contribution in [0.5, 0.6) is 11.5 Å². The molecule has 3 aromatic rings. The Bertz CT molecular complexity index is 1100. The number of nitrogens with two attached hydrogens (primary N) is 1. The smallest absolute Gasteiger partial charge is 0.191 e. The highest BCUT2D eigenvalue weighted by Crippen LogP contribution is 2.26. The second-order valence-electron chi connectivity index (χ2n) is 5.50. The first-order valence-corrected chi connectivity index (χ1v) is 8.09. The van der Waals surface area contributed by atoms with Crippen LogP contribution in [0, 0.1) is 5.41 Å². The molecule has 0 amide bonds. The minimum absolute atomic E-state index is 0.00839. The van der Waals surface area contributed by atoms with Gasteiger partial charge in [-0.2, -0.15) is 9.83 Å². The number of nitrogens with one attached hydrogen (secondary N) is 1. The average Bonchev–Trinajstić information content (AvgIpc) is 2.67. The zero-order valence-corrected chi connectivity index (χ0v) is 14.5. The summed E-state index contributed by atoms with van der Waals surface area (Å²) in [5.41, 5.74) is 7.09. The maximum absolute atomic E-state index is 10.1. The molecule has 3 rings (SSSR count). The second-order valence-corrected chi connectivity index (χ2v) is 5.50. The van der Waals surface area contributed by atoms with Gasteiger partial charge in [0.25, 0.3) is 0 Å². The number of ether oxygens (including phenoxy) is 1. The lowest BCUT2D eigenvalue weighted by Gasteiger charge is -2.07. The van der Waals surface area contributed by atoms with Crippen LogP contribution in [0.15, 0.2) is 52.7 Å². The molecule has 9 nitrogen and oxygen atoms in total. The Morgan fingerprint density at radius 3 is 2.89 bits per heavy atom. The third-order valence-corrected chi connectivity index (χ3v) is 3.68. The molecule has 0 aliphatic rings. The van der Waals surface area contributed by atoms with Gasteiger partial charge in [0.05, 0.1) is 18.3 Å². The van der Waals surface area contributed by atoms with Crippen molar-refractivity contribution >= 4 is 23.1 Å². The molecule has 5 N–H and O–H groups in total. The zero-order valence-electron chi connectivity index (χ0n) is 14.5. The predicted octanol–water partition coefficient (Wildman–Crippen LogP) is 1.60. The third kappa shape index (κ3) is 3.71. The Morgan fingerprint density at radius 1 is 1.33 bits per heavy atom. The highest BCUT2D eigenvalue weighted by atomic mass is 16.5. The third-order valence-electron chi connectivity index (χ3n) is 3.68. The number of fused-ring (bicyclic) bond motifs is 1. The van der Waals surface area contributed by atoms with E-state index in [1.54, 1.807) is 36.4 Å². The van der Waals surface area contributed by atoms with Crippen LogP contribution in [-0.2, 0) is 0 Å². The van der Waals surface area contributed by atoms with E-state index in [9.17, 15) is 10.3 Å². The predicted molar refractivity (Wildman–Crippen MR) is 100 cm³/mol. The molecule has 0 radical (unpaired) electrons. The molecule has 0 spiro atoms. The summed E-state index contributed by atoms with van der Waals surface area (Å²) in [5, 5.41) is 35.5. The SMILES string of the molecule is CCOc1cc(/C=N/N=C(N)c2nc3ccccc3n(O)c2=N)ccc1O. The van der Waals surface area contributed by atoms with E-state index in [0.717, 1.165) is 0 Å². The quantitative estimate of drug-likeness (QED) is 0.235. The van der Waals surface area contributed by atoms with Crippen LogP contribution < -0.4 is 16.0 Å². The fourth-order valence-electron chi connectivity index (χ4n) is 2.40. The van der Waals surface area contributed by atoms with Crippen molar-refractivity contribution in [2.24, 2.45) is 15.9 Å². The zero-order chi connectivity index (χ0) is 19.4. The van der Waals surface area contributed by atoms with Crippen LogP contribution in [-0.4, -0.2) is 38.7 Å². The molecule has 0 fully saturated rings. The fraction of sp³-hybridized carbons (Fsp3) is 0.111. The number of phenolic OH excluding ortho intramolecular Hbond substituents is 1. The Kier molecular flexibility index (Phi) is 5.02. The van der Waals surface area contributed by atoms with E-state index in [1.807, 2.05) is 6.92 Å². The van der Waals surface area contributed by atoms with Crippen LogP contribution in [0.1, 0.15) is 18.2 Å². The summed E-state index contributed by atoms with van der Waals surface area (Å²) in [6.07, 6.45) is 1.42. The number of aromatic hydroxyl groups is 1. The van der Waals surface area contributed by atoms with Gasteiger partial charge in [0.2, 0.25) is 0 Å². The number of phenols is 1. The van der Waals surface area contributed by atoms with Crippen LogP contribution in [0.2, 0.25) is 0 Å². The number of hydrogen-bond donors (Lipinski definition) is 4. The van der Waals surface area contributed by atoms with Gasteiger partial charge >= 0.3 is 0 Å². The van der Waals surface area contributed by atoms with Crippen LogP contribution in [0.3, 0.4) is 0 Å². The van der Waals surface area contributed by atoms with Gasteiger partial charge in [0.1, 0.15) is 5.52 Å².